The smallest absolute Gasteiger partial charge is 0.328 e. The molecule has 0 aromatic heterocycles. The lowest BCUT2D eigenvalue weighted by Gasteiger charge is -2.38. The predicted octanol–water partition coefficient (Wildman–Crippen LogP) is 4.18. The molecule has 0 atom stereocenters. The van der Waals surface area contributed by atoms with E-state index < -0.39 is 5.97 Å². The van der Waals surface area contributed by atoms with E-state index in [1.54, 1.807) is 7.11 Å². The summed E-state index contributed by atoms with van der Waals surface area (Å²) in [6.45, 7) is 5.67. The molecular formula is C21H32N2O3. The maximum absolute atomic E-state index is 11.1. The Balaban J connectivity index is 2.33. The predicted molar refractivity (Wildman–Crippen MR) is 107 cm³/mol. The molecule has 0 heterocycles. The van der Waals surface area contributed by atoms with Gasteiger partial charge >= 0.3 is 5.97 Å². The lowest BCUT2D eigenvalue weighted by molar-refractivity contribution is -0.131. The number of nitrogens with zero attached hydrogens (tertiary/aromatic N) is 1. The van der Waals surface area contributed by atoms with Gasteiger partial charge in [-0.15, -0.1) is 0 Å². The highest BCUT2D eigenvalue weighted by Crippen LogP contribution is 2.33. The molecule has 0 amide bonds. The van der Waals surface area contributed by atoms with Crippen LogP contribution in [0.1, 0.15) is 51.5 Å². The van der Waals surface area contributed by atoms with Gasteiger partial charge in [0.15, 0.2) is 0 Å². The van der Waals surface area contributed by atoms with Crippen LogP contribution in [-0.2, 0) is 9.53 Å². The topological polar surface area (TPSA) is 75.8 Å². The Morgan fingerprint density at radius 2 is 2.04 bits per heavy atom. The third-order valence-corrected chi connectivity index (χ3v) is 4.88. The van der Waals surface area contributed by atoms with E-state index in [1.165, 1.54) is 38.2 Å². The van der Waals surface area contributed by atoms with Crippen molar-refractivity contribution in [2.24, 2.45) is 5.92 Å². The Kier molecular flexibility index (Phi) is 7.51. The molecule has 5 nitrogen and oxygen atoms in total. The zero-order chi connectivity index (χ0) is 19.1. The van der Waals surface area contributed by atoms with Crippen LogP contribution in [0.5, 0.6) is 0 Å². The molecule has 1 fully saturated rings. The fourth-order valence-corrected chi connectivity index (χ4v) is 3.76. The molecule has 0 aliphatic heterocycles. The maximum Gasteiger partial charge on any atom is 0.328 e. The van der Waals surface area contributed by atoms with Crippen LogP contribution in [0.2, 0.25) is 0 Å². The maximum atomic E-state index is 11.1. The number of nitrogens with two attached hydrogens (primary N) is 1. The molecule has 1 aromatic carbocycles. The number of rotatable bonds is 8. The van der Waals surface area contributed by atoms with Gasteiger partial charge < -0.3 is 20.5 Å². The standard InChI is InChI=1S/C21H32N2O3/c1-15(2)13-23(18-7-5-4-6-8-18)20-10-9-16(11-19(20)22)17(14-26-3)12-21(24)25/h9-12,15,18H,4-8,13-14,22H2,1-3H3,(H,24,25). The third kappa shape index (κ3) is 5.49. The summed E-state index contributed by atoms with van der Waals surface area (Å²) in [7, 11) is 1.56. The molecule has 1 aromatic rings. The number of anilines is 2. The summed E-state index contributed by atoms with van der Waals surface area (Å²) >= 11 is 0. The number of aliphatic carboxylic acids is 1. The number of nitrogen functional groups attached to an aromatic ring is 1. The molecule has 0 radical (unpaired) electrons. The van der Waals surface area contributed by atoms with Crippen molar-refractivity contribution in [3.05, 3.63) is 29.8 Å². The van der Waals surface area contributed by atoms with Crippen LogP contribution in [0.3, 0.4) is 0 Å². The summed E-state index contributed by atoms with van der Waals surface area (Å²) in [4.78, 5) is 13.5. The average Bonchev–Trinajstić information content (AvgIpc) is 2.60. The first-order valence-electron chi connectivity index (χ1n) is 9.51. The van der Waals surface area contributed by atoms with Crippen LogP contribution in [0, 0.1) is 5.92 Å². The Morgan fingerprint density at radius 3 is 2.58 bits per heavy atom. The number of carboxylic acids is 1. The van der Waals surface area contributed by atoms with Crippen molar-refractivity contribution in [1.82, 2.24) is 0 Å². The Morgan fingerprint density at radius 1 is 1.35 bits per heavy atom. The first-order valence-corrected chi connectivity index (χ1v) is 9.51. The van der Waals surface area contributed by atoms with E-state index in [2.05, 4.69) is 18.7 Å². The first kappa shape index (κ1) is 20.3. The van der Waals surface area contributed by atoms with Crippen molar-refractivity contribution in [2.75, 3.05) is 30.9 Å². The highest BCUT2D eigenvalue weighted by molar-refractivity contribution is 5.91. The van der Waals surface area contributed by atoms with E-state index in [0.29, 0.717) is 23.2 Å². The number of carbonyl (C=O) groups is 1. The quantitative estimate of drug-likeness (QED) is 0.537. The van der Waals surface area contributed by atoms with E-state index >= 15 is 0 Å². The minimum atomic E-state index is -0.983. The summed E-state index contributed by atoms with van der Waals surface area (Å²) in [5.41, 5.74) is 9.58. The van der Waals surface area contributed by atoms with Crippen molar-refractivity contribution in [3.63, 3.8) is 0 Å². The number of methoxy groups -OCH3 is 1. The lowest BCUT2D eigenvalue weighted by atomic mass is 9.92. The van der Waals surface area contributed by atoms with Crippen molar-refractivity contribution in [1.29, 1.82) is 0 Å². The van der Waals surface area contributed by atoms with Gasteiger partial charge in [0.1, 0.15) is 0 Å². The van der Waals surface area contributed by atoms with E-state index in [-0.39, 0.29) is 6.61 Å². The largest absolute Gasteiger partial charge is 0.478 e. The number of benzene rings is 1. The zero-order valence-corrected chi connectivity index (χ0v) is 16.2. The van der Waals surface area contributed by atoms with Gasteiger partial charge in [-0.25, -0.2) is 4.79 Å². The molecule has 5 heteroatoms. The molecular weight excluding hydrogens is 328 g/mol. The van der Waals surface area contributed by atoms with Crippen molar-refractivity contribution < 1.29 is 14.6 Å². The summed E-state index contributed by atoms with van der Waals surface area (Å²) in [6.07, 6.45) is 7.47. The van der Waals surface area contributed by atoms with E-state index in [0.717, 1.165) is 17.8 Å². The summed E-state index contributed by atoms with van der Waals surface area (Å²) in [6, 6.07) is 6.40. The number of carboxylic acid groups (broad SMARTS) is 1. The van der Waals surface area contributed by atoms with Crippen molar-refractivity contribution in [3.8, 4) is 0 Å². The second-order valence-electron chi connectivity index (χ2n) is 7.55. The Bertz CT molecular complexity index is 634. The van der Waals surface area contributed by atoms with Gasteiger partial charge in [-0.2, -0.15) is 0 Å². The number of ether oxygens (including phenoxy) is 1. The van der Waals surface area contributed by atoms with E-state index in [9.17, 15) is 4.79 Å². The molecule has 0 bridgehead atoms. The van der Waals surface area contributed by atoms with Crippen molar-refractivity contribution in [2.45, 2.75) is 52.0 Å². The minimum Gasteiger partial charge on any atom is -0.478 e. The number of hydrogen-bond donors (Lipinski definition) is 2. The molecule has 1 aliphatic rings. The molecule has 1 aliphatic carbocycles. The fourth-order valence-electron chi connectivity index (χ4n) is 3.76. The second kappa shape index (κ2) is 9.62. The van der Waals surface area contributed by atoms with Gasteiger partial charge in [-0.05, 0) is 42.0 Å². The lowest BCUT2D eigenvalue weighted by Crippen LogP contribution is -2.39. The monoisotopic (exact) mass is 360 g/mol. The number of hydrogen-bond acceptors (Lipinski definition) is 4. The molecule has 0 spiro atoms. The summed E-state index contributed by atoms with van der Waals surface area (Å²) in [5, 5.41) is 9.08. The molecule has 144 valence electrons. The zero-order valence-electron chi connectivity index (χ0n) is 16.2. The highest BCUT2D eigenvalue weighted by Gasteiger charge is 2.23. The van der Waals surface area contributed by atoms with E-state index in [1.807, 2.05) is 18.2 Å². The van der Waals surface area contributed by atoms with Gasteiger partial charge in [-0.3, -0.25) is 0 Å². The van der Waals surface area contributed by atoms with Gasteiger partial charge in [0, 0.05) is 25.8 Å². The van der Waals surface area contributed by atoms with Crippen LogP contribution < -0.4 is 10.6 Å². The fraction of sp³-hybridized carbons (Fsp3) is 0.571. The molecule has 2 rings (SSSR count). The van der Waals surface area contributed by atoms with Crippen LogP contribution in [-0.4, -0.2) is 37.4 Å². The molecule has 0 unspecified atom stereocenters. The van der Waals surface area contributed by atoms with Crippen LogP contribution in [0.15, 0.2) is 24.3 Å². The van der Waals surface area contributed by atoms with Gasteiger partial charge in [0.2, 0.25) is 0 Å². The highest BCUT2D eigenvalue weighted by atomic mass is 16.5. The second-order valence-corrected chi connectivity index (χ2v) is 7.55. The average molecular weight is 360 g/mol. The summed E-state index contributed by atoms with van der Waals surface area (Å²) in [5.74, 6) is -0.435. The SMILES string of the molecule is COCC(=CC(=O)O)c1ccc(N(CC(C)C)C2CCCCC2)c(N)c1. The normalized spacial score (nSPS) is 16.1. The third-order valence-electron chi connectivity index (χ3n) is 4.88. The van der Waals surface area contributed by atoms with Gasteiger partial charge in [0.25, 0.3) is 0 Å². The Labute approximate surface area is 156 Å². The summed E-state index contributed by atoms with van der Waals surface area (Å²) < 4.78 is 5.14. The van der Waals surface area contributed by atoms with Crippen LogP contribution in [0.25, 0.3) is 5.57 Å². The van der Waals surface area contributed by atoms with Crippen LogP contribution in [0.4, 0.5) is 11.4 Å². The van der Waals surface area contributed by atoms with E-state index in [4.69, 9.17) is 15.6 Å². The van der Waals surface area contributed by atoms with Gasteiger partial charge in [0.05, 0.1) is 18.0 Å². The van der Waals surface area contributed by atoms with Crippen LogP contribution >= 0.6 is 0 Å². The molecule has 1 saturated carbocycles. The van der Waals surface area contributed by atoms with Crippen molar-refractivity contribution >= 4 is 22.9 Å². The Hall–Kier alpha value is -2.01. The molecule has 3 N–H and O–H groups in total. The molecule has 26 heavy (non-hydrogen) atoms. The van der Waals surface area contributed by atoms with Gasteiger partial charge in [-0.1, -0.05) is 39.2 Å². The minimum absolute atomic E-state index is 0.240. The molecule has 0 saturated heterocycles. The first-order chi connectivity index (χ1) is 12.4.